The number of nitrogens with zero attached hydrogens (tertiary/aromatic N) is 1. The smallest absolute Gasteiger partial charge is 0.189 e. The first-order valence-electron chi connectivity index (χ1n) is 7.50. The molecular weight excluding hydrogens is 387 g/mol. The Morgan fingerprint density at radius 3 is 2.18 bits per heavy atom. The molecule has 1 unspecified atom stereocenters. The van der Waals surface area contributed by atoms with E-state index in [0.29, 0.717) is 12.5 Å². The molecular formula is C17H31IN4. The molecule has 126 valence electrons. The predicted octanol–water partition coefficient (Wildman–Crippen LogP) is 3.44. The van der Waals surface area contributed by atoms with Crippen molar-refractivity contribution in [3.05, 3.63) is 35.9 Å². The number of halogens is 1. The fourth-order valence-electron chi connectivity index (χ4n) is 2.16. The van der Waals surface area contributed by atoms with Gasteiger partial charge in [-0.15, -0.1) is 24.0 Å². The van der Waals surface area contributed by atoms with E-state index < -0.39 is 0 Å². The molecule has 0 heterocycles. The van der Waals surface area contributed by atoms with Gasteiger partial charge < -0.3 is 16.4 Å². The third-order valence-corrected chi connectivity index (χ3v) is 3.05. The molecule has 5 heteroatoms. The summed E-state index contributed by atoms with van der Waals surface area (Å²) in [5.74, 6) is 0.490. The van der Waals surface area contributed by atoms with Gasteiger partial charge in [-0.2, -0.15) is 0 Å². The molecule has 1 atom stereocenters. The van der Waals surface area contributed by atoms with Crippen molar-refractivity contribution in [1.29, 1.82) is 0 Å². The number of guanidine groups is 1. The van der Waals surface area contributed by atoms with Crippen LogP contribution in [-0.2, 0) is 0 Å². The van der Waals surface area contributed by atoms with Crippen LogP contribution in [0.15, 0.2) is 35.3 Å². The van der Waals surface area contributed by atoms with Gasteiger partial charge in [-0.25, -0.2) is 0 Å². The van der Waals surface area contributed by atoms with E-state index in [0.717, 1.165) is 0 Å². The summed E-state index contributed by atoms with van der Waals surface area (Å²) in [6.45, 7) is 13.3. The number of hydrogen-bond acceptors (Lipinski definition) is 2. The lowest BCUT2D eigenvalue weighted by Gasteiger charge is -2.29. The molecule has 0 fully saturated rings. The van der Waals surface area contributed by atoms with Crippen LogP contribution in [0.25, 0.3) is 0 Å². The summed E-state index contributed by atoms with van der Waals surface area (Å²) in [7, 11) is 0. The van der Waals surface area contributed by atoms with Crippen molar-refractivity contribution in [1.82, 2.24) is 10.6 Å². The van der Waals surface area contributed by atoms with Crippen LogP contribution in [0.3, 0.4) is 0 Å². The van der Waals surface area contributed by atoms with E-state index >= 15 is 0 Å². The van der Waals surface area contributed by atoms with Crippen LogP contribution in [0.4, 0.5) is 0 Å². The van der Waals surface area contributed by atoms with Crippen molar-refractivity contribution in [2.45, 2.75) is 58.7 Å². The topological polar surface area (TPSA) is 62.4 Å². The van der Waals surface area contributed by atoms with Gasteiger partial charge in [0.05, 0.1) is 6.54 Å². The minimum atomic E-state index is -0.126. The van der Waals surface area contributed by atoms with Crippen LogP contribution in [0.1, 0.15) is 53.1 Å². The first-order chi connectivity index (χ1) is 9.59. The Bertz CT molecular complexity index is 463. The summed E-state index contributed by atoms with van der Waals surface area (Å²) in [5, 5.41) is 6.78. The number of nitrogens with one attached hydrogen (secondary N) is 2. The van der Waals surface area contributed by atoms with E-state index in [2.05, 4.69) is 81.4 Å². The number of nitrogens with two attached hydrogens (primary N) is 1. The zero-order valence-corrected chi connectivity index (χ0v) is 16.9. The predicted molar refractivity (Wildman–Crippen MR) is 107 cm³/mol. The molecule has 0 aromatic heterocycles. The second kappa shape index (κ2) is 8.72. The van der Waals surface area contributed by atoms with Crippen LogP contribution in [0.2, 0.25) is 0 Å². The number of benzene rings is 1. The van der Waals surface area contributed by atoms with E-state index in [9.17, 15) is 0 Å². The van der Waals surface area contributed by atoms with Crippen LogP contribution in [0.5, 0.6) is 0 Å². The molecule has 4 nitrogen and oxygen atoms in total. The van der Waals surface area contributed by atoms with E-state index in [-0.39, 0.29) is 41.1 Å². The third kappa shape index (κ3) is 8.58. The molecule has 0 amide bonds. The molecule has 0 bridgehead atoms. The van der Waals surface area contributed by atoms with Crippen molar-refractivity contribution in [2.75, 3.05) is 6.54 Å². The van der Waals surface area contributed by atoms with Crippen molar-refractivity contribution in [3.63, 3.8) is 0 Å². The molecule has 1 aromatic carbocycles. The first kappa shape index (κ1) is 21.2. The summed E-state index contributed by atoms with van der Waals surface area (Å²) >= 11 is 0. The molecule has 0 aliphatic heterocycles. The average molecular weight is 418 g/mol. The van der Waals surface area contributed by atoms with Gasteiger partial charge in [0.2, 0.25) is 0 Å². The zero-order chi connectivity index (χ0) is 16.1. The maximum atomic E-state index is 5.92. The highest BCUT2D eigenvalue weighted by Crippen LogP contribution is 2.16. The summed E-state index contributed by atoms with van der Waals surface area (Å²) in [4.78, 5) is 4.45. The van der Waals surface area contributed by atoms with Crippen molar-refractivity contribution >= 4 is 29.9 Å². The Kier molecular flexibility index (Phi) is 8.39. The van der Waals surface area contributed by atoms with Gasteiger partial charge in [-0.1, -0.05) is 30.3 Å². The average Bonchev–Trinajstić information content (AvgIpc) is 2.35. The highest BCUT2D eigenvalue weighted by Gasteiger charge is 2.21. The summed E-state index contributed by atoms with van der Waals surface area (Å²) in [5.41, 5.74) is 7.00. The molecule has 0 aliphatic carbocycles. The summed E-state index contributed by atoms with van der Waals surface area (Å²) < 4.78 is 0. The van der Waals surface area contributed by atoms with Crippen molar-refractivity contribution in [2.24, 2.45) is 10.7 Å². The maximum Gasteiger partial charge on any atom is 0.189 e. The molecule has 1 aromatic rings. The number of aliphatic imine (C=N–C) groups is 1. The molecule has 4 N–H and O–H groups in total. The zero-order valence-electron chi connectivity index (χ0n) is 14.6. The fraction of sp³-hybridized carbons (Fsp3) is 0.588. The largest absolute Gasteiger partial charge is 0.370 e. The van der Waals surface area contributed by atoms with Crippen LogP contribution < -0.4 is 16.4 Å². The Balaban J connectivity index is 0.00000441. The van der Waals surface area contributed by atoms with E-state index in [1.165, 1.54) is 5.56 Å². The lowest BCUT2D eigenvalue weighted by atomic mass is 10.0. The van der Waals surface area contributed by atoms with Gasteiger partial charge in [0.15, 0.2) is 5.96 Å². The number of hydrogen-bond donors (Lipinski definition) is 3. The van der Waals surface area contributed by atoms with Gasteiger partial charge in [-0.05, 0) is 47.1 Å². The Morgan fingerprint density at radius 2 is 1.68 bits per heavy atom. The minimum Gasteiger partial charge on any atom is -0.370 e. The molecule has 1 rings (SSSR count). The molecule has 0 radical (unpaired) electrons. The highest BCUT2D eigenvalue weighted by molar-refractivity contribution is 14.0. The van der Waals surface area contributed by atoms with Crippen molar-refractivity contribution < 1.29 is 0 Å². The Morgan fingerprint density at radius 1 is 1.14 bits per heavy atom. The molecule has 0 aliphatic rings. The van der Waals surface area contributed by atoms with Crippen molar-refractivity contribution in [3.8, 4) is 0 Å². The van der Waals surface area contributed by atoms with Gasteiger partial charge in [0.25, 0.3) is 0 Å². The van der Waals surface area contributed by atoms with Crippen LogP contribution in [-0.4, -0.2) is 23.6 Å². The lowest BCUT2D eigenvalue weighted by Crippen LogP contribution is -2.47. The fourth-order valence-corrected chi connectivity index (χ4v) is 2.16. The monoisotopic (exact) mass is 418 g/mol. The lowest BCUT2D eigenvalue weighted by molar-refractivity contribution is 0.356. The van der Waals surface area contributed by atoms with E-state index in [1.54, 1.807) is 0 Å². The summed E-state index contributed by atoms with van der Waals surface area (Å²) in [6.07, 6.45) is 0. The van der Waals surface area contributed by atoms with Crippen LogP contribution >= 0.6 is 24.0 Å². The molecule has 0 saturated carbocycles. The second-order valence-corrected chi connectivity index (χ2v) is 7.24. The summed E-state index contributed by atoms with van der Waals surface area (Å²) in [6, 6.07) is 10.7. The molecule has 0 spiro atoms. The first-order valence-corrected chi connectivity index (χ1v) is 7.50. The van der Waals surface area contributed by atoms with Gasteiger partial charge >= 0.3 is 0 Å². The quantitative estimate of drug-likeness (QED) is 0.390. The number of rotatable bonds is 5. The van der Waals surface area contributed by atoms with E-state index in [4.69, 9.17) is 5.73 Å². The third-order valence-electron chi connectivity index (χ3n) is 3.05. The van der Waals surface area contributed by atoms with Gasteiger partial charge in [0, 0.05) is 17.1 Å². The normalized spacial score (nSPS) is 14.2. The highest BCUT2D eigenvalue weighted by atomic mass is 127. The maximum absolute atomic E-state index is 5.92. The minimum absolute atomic E-state index is 0. The van der Waals surface area contributed by atoms with Crippen LogP contribution in [0, 0.1) is 0 Å². The van der Waals surface area contributed by atoms with Gasteiger partial charge in [0.1, 0.15) is 0 Å². The molecule has 22 heavy (non-hydrogen) atoms. The SMILES string of the molecule is CC(NC(C)(C)CN=C(N)NC(C)(C)C)c1ccccc1.I. The molecule has 0 saturated heterocycles. The van der Waals surface area contributed by atoms with E-state index in [1.807, 2.05) is 6.07 Å². The standard InChI is InChI=1S/C17H30N4.HI/c1-13(14-10-8-7-9-11-14)20-17(5,6)12-19-15(18)21-16(2,3)4;/h7-11,13,20H,12H2,1-6H3,(H3,18,19,21);1H. The van der Waals surface area contributed by atoms with Gasteiger partial charge in [-0.3, -0.25) is 4.99 Å². The Labute approximate surface area is 152 Å². The Hall–Kier alpha value is -0.820. The second-order valence-electron chi connectivity index (χ2n) is 7.24.